The number of hydrogen-bond donors (Lipinski definition) is 1. The molecule has 2 rings (SSSR count). The fourth-order valence-corrected chi connectivity index (χ4v) is 2.27. The van der Waals surface area contributed by atoms with Gasteiger partial charge in [-0.05, 0) is 31.9 Å². The zero-order chi connectivity index (χ0) is 14.0. The van der Waals surface area contributed by atoms with Crippen LogP contribution in [0.3, 0.4) is 0 Å². The van der Waals surface area contributed by atoms with E-state index in [1.807, 2.05) is 0 Å². The largest absolute Gasteiger partial charge is 0.481 e. The molecule has 19 heavy (non-hydrogen) atoms. The third kappa shape index (κ3) is 2.72. The number of carbonyl (C=O) groups excluding carboxylic acids is 1. The van der Waals surface area contributed by atoms with Gasteiger partial charge in [0, 0.05) is 19.3 Å². The van der Waals surface area contributed by atoms with Crippen LogP contribution in [-0.2, 0) is 4.79 Å². The zero-order valence-corrected chi connectivity index (χ0v) is 10.6. The lowest BCUT2D eigenvalue weighted by Gasteiger charge is -2.37. The van der Waals surface area contributed by atoms with Gasteiger partial charge < -0.3 is 10.0 Å². The van der Waals surface area contributed by atoms with Gasteiger partial charge in [-0.2, -0.15) is 4.39 Å². The molecule has 6 heteroatoms. The first kappa shape index (κ1) is 13.5. The first-order chi connectivity index (χ1) is 8.92. The number of carboxylic acid groups (broad SMARTS) is 1. The molecule has 1 aliphatic rings. The van der Waals surface area contributed by atoms with E-state index in [1.54, 1.807) is 6.92 Å². The lowest BCUT2D eigenvalue weighted by Crippen LogP contribution is -2.48. The number of piperidine rings is 1. The molecule has 1 atom stereocenters. The Morgan fingerprint density at radius 3 is 2.79 bits per heavy atom. The summed E-state index contributed by atoms with van der Waals surface area (Å²) in [5.41, 5.74) is -0.641. The molecule has 1 aliphatic heterocycles. The minimum atomic E-state index is -0.915. The Morgan fingerprint density at radius 1 is 1.47 bits per heavy atom. The van der Waals surface area contributed by atoms with Crippen molar-refractivity contribution in [2.24, 2.45) is 5.41 Å². The molecular formula is C13H15FN2O3. The number of likely N-dealkylation sites (tertiary alicyclic amines) is 1. The van der Waals surface area contributed by atoms with Crippen molar-refractivity contribution < 1.29 is 19.1 Å². The maximum Gasteiger partial charge on any atom is 0.311 e. The van der Waals surface area contributed by atoms with Gasteiger partial charge in [-0.1, -0.05) is 0 Å². The lowest BCUT2D eigenvalue weighted by molar-refractivity contribution is -0.150. The smallest absolute Gasteiger partial charge is 0.311 e. The number of aromatic nitrogens is 1. The predicted octanol–water partition coefficient (Wildman–Crippen LogP) is 1.55. The average molecular weight is 266 g/mol. The first-order valence-electron chi connectivity index (χ1n) is 6.07. The van der Waals surface area contributed by atoms with Gasteiger partial charge >= 0.3 is 5.97 Å². The van der Waals surface area contributed by atoms with Crippen LogP contribution in [0.25, 0.3) is 0 Å². The van der Waals surface area contributed by atoms with Gasteiger partial charge in [0.25, 0.3) is 5.91 Å². The van der Waals surface area contributed by atoms with Crippen molar-refractivity contribution in [1.82, 2.24) is 9.88 Å². The van der Waals surface area contributed by atoms with Gasteiger partial charge in [0.05, 0.1) is 11.0 Å². The Kier molecular flexibility index (Phi) is 3.50. The second-order valence-electron chi connectivity index (χ2n) is 5.07. The number of amides is 1. The van der Waals surface area contributed by atoms with Crippen molar-refractivity contribution in [3.63, 3.8) is 0 Å². The number of nitrogens with zero attached hydrogens (tertiary/aromatic N) is 2. The average Bonchev–Trinajstić information content (AvgIpc) is 2.39. The summed E-state index contributed by atoms with van der Waals surface area (Å²) in [5, 5.41) is 9.20. The topological polar surface area (TPSA) is 70.5 Å². The number of hydrogen-bond acceptors (Lipinski definition) is 3. The first-order valence-corrected chi connectivity index (χ1v) is 6.07. The van der Waals surface area contributed by atoms with Crippen molar-refractivity contribution in [2.45, 2.75) is 19.8 Å². The molecule has 1 aromatic rings. The molecule has 1 amide bonds. The van der Waals surface area contributed by atoms with Crippen LogP contribution in [-0.4, -0.2) is 40.0 Å². The molecule has 0 radical (unpaired) electrons. The van der Waals surface area contributed by atoms with E-state index in [0.29, 0.717) is 19.4 Å². The van der Waals surface area contributed by atoms with Crippen LogP contribution in [0, 0.1) is 11.4 Å². The second-order valence-corrected chi connectivity index (χ2v) is 5.07. The molecule has 0 spiro atoms. The number of halogens is 1. The van der Waals surface area contributed by atoms with Crippen LogP contribution in [0.5, 0.6) is 0 Å². The van der Waals surface area contributed by atoms with E-state index in [4.69, 9.17) is 0 Å². The SMILES string of the molecule is CC1(C(=O)O)CCCN(C(=O)c2ccc(F)nc2)C1. The highest BCUT2D eigenvalue weighted by Gasteiger charge is 2.39. The van der Waals surface area contributed by atoms with Crippen molar-refractivity contribution >= 4 is 11.9 Å². The Morgan fingerprint density at radius 2 is 2.21 bits per heavy atom. The van der Waals surface area contributed by atoms with Gasteiger partial charge in [0.1, 0.15) is 0 Å². The molecule has 0 bridgehead atoms. The minimum Gasteiger partial charge on any atom is -0.481 e. The monoisotopic (exact) mass is 266 g/mol. The van der Waals surface area contributed by atoms with E-state index in [1.165, 1.54) is 17.2 Å². The Hall–Kier alpha value is -1.98. The van der Waals surface area contributed by atoms with Crippen molar-refractivity contribution in [3.8, 4) is 0 Å². The highest BCUT2D eigenvalue weighted by Crippen LogP contribution is 2.30. The van der Waals surface area contributed by atoms with Crippen molar-refractivity contribution in [2.75, 3.05) is 13.1 Å². The van der Waals surface area contributed by atoms with Crippen molar-refractivity contribution in [1.29, 1.82) is 0 Å². The summed E-state index contributed by atoms with van der Waals surface area (Å²) in [6.07, 6.45) is 2.36. The quantitative estimate of drug-likeness (QED) is 0.824. The van der Waals surface area contributed by atoms with Crippen LogP contribution >= 0.6 is 0 Å². The highest BCUT2D eigenvalue weighted by molar-refractivity contribution is 5.94. The standard InChI is InChI=1S/C13H15FN2O3/c1-13(12(18)19)5-2-6-16(8-13)11(17)9-3-4-10(14)15-7-9/h3-4,7H,2,5-6,8H2,1H3,(H,18,19). The molecule has 1 unspecified atom stereocenters. The molecule has 1 N–H and O–H groups in total. The van der Waals surface area contributed by atoms with Gasteiger partial charge in [0.15, 0.2) is 0 Å². The molecule has 1 aromatic heterocycles. The second kappa shape index (κ2) is 4.95. The van der Waals surface area contributed by atoms with Gasteiger partial charge in [0.2, 0.25) is 5.95 Å². The summed E-state index contributed by atoms with van der Waals surface area (Å²) in [4.78, 5) is 28.3. The summed E-state index contributed by atoms with van der Waals surface area (Å²) in [6.45, 7) is 2.31. The van der Waals surface area contributed by atoms with E-state index in [9.17, 15) is 19.1 Å². The number of rotatable bonds is 2. The van der Waals surface area contributed by atoms with Gasteiger partial charge in [-0.15, -0.1) is 0 Å². The maximum atomic E-state index is 12.7. The number of carboxylic acids is 1. The third-order valence-electron chi connectivity index (χ3n) is 3.47. The summed E-state index contributed by atoms with van der Waals surface area (Å²) < 4.78 is 12.7. The van der Waals surface area contributed by atoms with Crippen LogP contribution in [0.15, 0.2) is 18.3 Å². The van der Waals surface area contributed by atoms with E-state index >= 15 is 0 Å². The Labute approximate surface area is 110 Å². The zero-order valence-electron chi connectivity index (χ0n) is 10.6. The molecule has 0 aromatic carbocycles. The molecule has 5 nitrogen and oxygen atoms in total. The molecule has 1 saturated heterocycles. The van der Waals surface area contributed by atoms with Crippen molar-refractivity contribution in [3.05, 3.63) is 29.8 Å². The summed E-state index contributed by atoms with van der Waals surface area (Å²) in [5.74, 6) is -1.85. The molecule has 1 fully saturated rings. The fourth-order valence-electron chi connectivity index (χ4n) is 2.27. The maximum absolute atomic E-state index is 12.7. The molecular weight excluding hydrogens is 251 g/mol. The summed E-state index contributed by atoms with van der Waals surface area (Å²) in [6, 6.07) is 2.48. The predicted molar refractivity (Wildman–Crippen MR) is 65.1 cm³/mol. The normalized spacial score (nSPS) is 23.2. The summed E-state index contributed by atoms with van der Waals surface area (Å²) >= 11 is 0. The molecule has 2 heterocycles. The number of aliphatic carboxylic acids is 1. The highest BCUT2D eigenvalue weighted by atomic mass is 19.1. The molecule has 102 valence electrons. The number of carbonyl (C=O) groups is 2. The number of pyridine rings is 1. The Bertz CT molecular complexity index is 503. The van der Waals surface area contributed by atoms with Crippen LogP contribution in [0.1, 0.15) is 30.1 Å². The minimum absolute atomic E-state index is 0.165. The van der Waals surface area contributed by atoms with Crippen LogP contribution < -0.4 is 0 Å². The van der Waals surface area contributed by atoms with E-state index in [0.717, 1.165) is 6.07 Å². The lowest BCUT2D eigenvalue weighted by atomic mass is 9.82. The van der Waals surface area contributed by atoms with E-state index in [2.05, 4.69) is 4.98 Å². The van der Waals surface area contributed by atoms with Gasteiger partial charge in [-0.3, -0.25) is 9.59 Å². The molecule has 0 aliphatic carbocycles. The summed E-state index contributed by atoms with van der Waals surface area (Å²) in [7, 11) is 0. The molecule has 0 saturated carbocycles. The Balaban J connectivity index is 2.15. The van der Waals surface area contributed by atoms with E-state index < -0.39 is 17.3 Å². The third-order valence-corrected chi connectivity index (χ3v) is 3.47. The fraction of sp³-hybridized carbons (Fsp3) is 0.462. The van der Waals surface area contributed by atoms with Crippen LogP contribution in [0.4, 0.5) is 4.39 Å². The van der Waals surface area contributed by atoms with Crippen LogP contribution in [0.2, 0.25) is 0 Å². The van der Waals surface area contributed by atoms with Gasteiger partial charge in [-0.25, -0.2) is 4.98 Å². The van der Waals surface area contributed by atoms with E-state index in [-0.39, 0.29) is 18.0 Å².